The Labute approximate surface area is 96.2 Å². The van der Waals surface area contributed by atoms with Gasteiger partial charge >= 0.3 is 0 Å². The average Bonchev–Trinajstić information content (AvgIpc) is 2.19. The summed E-state index contributed by atoms with van der Waals surface area (Å²) in [6, 6.07) is 8.27. The van der Waals surface area contributed by atoms with Gasteiger partial charge in [-0.3, -0.25) is 0 Å². The normalized spacial score (nSPS) is 10.8. The van der Waals surface area contributed by atoms with Crippen molar-refractivity contribution < 1.29 is 0 Å². The summed E-state index contributed by atoms with van der Waals surface area (Å²) in [6.45, 7) is 1.97. The second-order valence-corrected chi connectivity index (χ2v) is 4.18. The van der Waals surface area contributed by atoms with Crippen LogP contribution in [-0.2, 0) is 5.33 Å². The Morgan fingerprint density at radius 2 is 2.14 bits per heavy atom. The number of aromatic nitrogens is 1. The quantitative estimate of drug-likeness (QED) is 0.562. The molecule has 2 rings (SSSR count). The third-order valence-corrected chi connectivity index (χ3v) is 3.20. The topological polar surface area (TPSA) is 12.9 Å². The fourth-order valence-corrected chi connectivity index (χ4v) is 1.87. The number of hydrogen-bond acceptors (Lipinski definition) is 1. The monoisotopic (exact) mass is 269 g/mol. The van der Waals surface area contributed by atoms with Crippen LogP contribution in [0.25, 0.3) is 10.9 Å². The Balaban J connectivity index is 2.70. The second kappa shape index (κ2) is 3.87. The molecule has 0 unspecified atom stereocenters. The number of fused-ring (bicyclic) bond motifs is 1. The maximum atomic E-state index is 5.96. The predicted octanol–water partition coefficient (Wildman–Crippen LogP) is 4.09. The molecule has 3 heteroatoms. The molecule has 0 bridgehead atoms. The van der Waals surface area contributed by atoms with E-state index in [1.165, 1.54) is 5.56 Å². The van der Waals surface area contributed by atoms with Crippen LogP contribution in [-0.4, -0.2) is 4.98 Å². The van der Waals surface area contributed by atoms with E-state index in [2.05, 4.69) is 45.2 Å². The Hall–Kier alpha value is -0.600. The summed E-state index contributed by atoms with van der Waals surface area (Å²) in [5, 5.41) is 2.57. The van der Waals surface area contributed by atoms with Crippen molar-refractivity contribution in [1.82, 2.24) is 4.98 Å². The zero-order valence-electron chi connectivity index (χ0n) is 7.72. The summed E-state index contributed by atoms with van der Waals surface area (Å²) >= 11 is 9.38. The van der Waals surface area contributed by atoms with Crippen molar-refractivity contribution in [2.45, 2.75) is 12.3 Å². The van der Waals surface area contributed by atoms with Crippen LogP contribution in [0.2, 0.25) is 5.15 Å². The molecule has 72 valence electrons. The first kappa shape index (κ1) is 9.94. The minimum absolute atomic E-state index is 0.587. The molecular formula is C11H9BrClN. The Kier molecular flexibility index (Phi) is 2.75. The summed E-state index contributed by atoms with van der Waals surface area (Å²) in [7, 11) is 0. The standard InChI is InChI=1S/C11H9BrClN/c1-7-4-9-3-2-8(6-12)5-10(9)14-11(7)13/h2-5H,6H2,1H3. The lowest BCUT2D eigenvalue weighted by molar-refractivity contribution is 1.32. The fourth-order valence-electron chi connectivity index (χ4n) is 1.38. The fraction of sp³-hybridized carbons (Fsp3) is 0.182. The van der Waals surface area contributed by atoms with Crippen molar-refractivity contribution in [2.24, 2.45) is 0 Å². The summed E-state index contributed by atoms with van der Waals surface area (Å²) in [4.78, 5) is 4.33. The van der Waals surface area contributed by atoms with E-state index in [0.717, 1.165) is 21.8 Å². The van der Waals surface area contributed by atoms with Gasteiger partial charge in [-0.15, -0.1) is 0 Å². The Bertz CT molecular complexity index is 482. The van der Waals surface area contributed by atoms with E-state index in [1.807, 2.05) is 6.92 Å². The molecule has 14 heavy (non-hydrogen) atoms. The highest BCUT2D eigenvalue weighted by Gasteiger charge is 2.01. The molecule has 0 spiro atoms. The van der Waals surface area contributed by atoms with Crippen molar-refractivity contribution in [3.8, 4) is 0 Å². The maximum absolute atomic E-state index is 5.96. The molecular weight excluding hydrogens is 261 g/mol. The molecule has 0 N–H and O–H groups in total. The highest BCUT2D eigenvalue weighted by molar-refractivity contribution is 9.08. The van der Waals surface area contributed by atoms with Crippen molar-refractivity contribution in [3.05, 3.63) is 40.5 Å². The second-order valence-electron chi connectivity index (χ2n) is 3.26. The summed E-state index contributed by atoms with van der Waals surface area (Å²) in [6.07, 6.45) is 0. The number of alkyl halides is 1. The molecule has 2 aromatic rings. The summed E-state index contributed by atoms with van der Waals surface area (Å²) in [5.74, 6) is 0. The molecule has 0 aliphatic heterocycles. The molecule has 1 nitrogen and oxygen atoms in total. The van der Waals surface area contributed by atoms with Gasteiger partial charge in [0.2, 0.25) is 0 Å². The van der Waals surface area contributed by atoms with Crippen LogP contribution < -0.4 is 0 Å². The number of hydrogen-bond donors (Lipinski definition) is 0. The highest BCUT2D eigenvalue weighted by atomic mass is 79.9. The highest BCUT2D eigenvalue weighted by Crippen LogP contribution is 2.21. The molecule has 0 fully saturated rings. The first-order valence-electron chi connectivity index (χ1n) is 4.32. The van der Waals surface area contributed by atoms with Gasteiger partial charge in [0.15, 0.2) is 0 Å². The lowest BCUT2D eigenvalue weighted by atomic mass is 10.1. The van der Waals surface area contributed by atoms with Crippen LogP contribution in [0, 0.1) is 6.92 Å². The van der Waals surface area contributed by atoms with Crippen LogP contribution in [0.3, 0.4) is 0 Å². The third-order valence-electron chi connectivity index (χ3n) is 2.17. The van der Waals surface area contributed by atoms with Gasteiger partial charge in [-0.25, -0.2) is 4.98 Å². The van der Waals surface area contributed by atoms with E-state index in [9.17, 15) is 0 Å². The predicted molar refractivity (Wildman–Crippen MR) is 64.1 cm³/mol. The molecule has 0 aliphatic carbocycles. The van der Waals surface area contributed by atoms with Gasteiger partial charge in [0.05, 0.1) is 5.52 Å². The van der Waals surface area contributed by atoms with Crippen LogP contribution >= 0.6 is 27.5 Å². The van der Waals surface area contributed by atoms with E-state index in [-0.39, 0.29) is 0 Å². The molecule has 1 heterocycles. The van der Waals surface area contributed by atoms with Gasteiger partial charge in [0.25, 0.3) is 0 Å². The lowest BCUT2D eigenvalue weighted by Crippen LogP contribution is -1.86. The van der Waals surface area contributed by atoms with Crippen molar-refractivity contribution in [1.29, 1.82) is 0 Å². The van der Waals surface area contributed by atoms with Gasteiger partial charge in [-0.2, -0.15) is 0 Å². The molecule has 0 radical (unpaired) electrons. The maximum Gasteiger partial charge on any atom is 0.132 e. The van der Waals surface area contributed by atoms with Gasteiger partial charge < -0.3 is 0 Å². The van der Waals surface area contributed by atoms with Crippen LogP contribution in [0.1, 0.15) is 11.1 Å². The first-order chi connectivity index (χ1) is 6.70. The van der Waals surface area contributed by atoms with Crippen molar-refractivity contribution in [2.75, 3.05) is 0 Å². The lowest BCUT2D eigenvalue weighted by Gasteiger charge is -2.02. The van der Waals surface area contributed by atoms with Crippen LogP contribution in [0.15, 0.2) is 24.3 Å². The van der Waals surface area contributed by atoms with Gasteiger partial charge in [0, 0.05) is 10.7 Å². The zero-order chi connectivity index (χ0) is 10.1. The van der Waals surface area contributed by atoms with Gasteiger partial charge in [-0.1, -0.05) is 39.7 Å². The van der Waals surface area contributed by atoms with Crippen molar-refractivity contribution >= 4 is 38.4 Å². The molecule has 0 saturated heterocycles. The van der Waals surface area contributed by atoms with E-state index >= 15 is 0 Å². The molecule has 0 aliphatic rings. The van der Waals surface area contributed by atoms with Crippen molar-refractivity contribution in [3.63, 3.8) is 0 Å². The molecule has 0 amide bonds. The SMILES string of the molecule is Cc1cc2ccc(CBr)cc2nc1Cl. The molecule has 1 aromatic carbocycles. The minimum Gasteiger partial charge on any atom is -0.236 e. The zero-order valence-corrected chi connectivity index (χ0v) is 10.1. The number of nitrogens with zero attached hydrogens (tertiary/aromatic N) is 1. The van der Waals surface area contributed by atoms with E-state index in [4.69, 9.17) is 11.6 Å². The number of pyridine rings is 1. The van der Waals surface area contributed by atoms with E-state index in [0.29, 0.717) is 5.15 Å². The van der Waals surface area contributed by atoms with Gasteiger partial charge in [0.1, 0.15) is 5.15 Å². The number of aryl methyl sites for hydroxylation is 1. The van der Waals surface area contributed by atoms with Gasteiger partial charge in [-0.05, 0) is 30.2 Å². The molecule has 1 aromatic heterocycles. The van der Waals surface area contributed by atoms with E-state index < -0.39 is 0 Å². The van der Waals surface area contributed by atoms with Crippen LogP contribution in [0.4, 0.5) is 0 Å². The molecule has 0 saturated carbocycles. The van der Waals surface area contributed by atoms with Crippen LogP contribution in [0.5, 0.6) is 0 Å². The molecule has 0 atom stereocenters. The number of benzene rings is 1. The number of rotatable bonds is 1. The average molecular weight is 271 g/mol. The minimum atomic E-state index is 0.587. The number of halogens is 2. The Morgan fingerprint density at radius 1 is 1.36 bits per heavy atom. The van der Waals surface area contributed by atoms with E-state index in [1.54, 1.807) is 0 Å². The largest absolute Gasteiger partial charge is 0.236 e. The smallest absolute Gasteiger partial charge is 0.132 e. The Morgan fingerprint density at radius 3 is 2.86 bits per heavy atom. The summed E-state index contributed by atoms with van der Waals surface area (Å²) in [5.41, 5.74) is 3.19. The third kappa shape index (κ3) is 1.77. The first-order valence-corrected chi connectivity index (χ1v) is 5.82. The summed E-state index contributed by atoms with van der Waals surface area (Å²) < 4.78 is 0.